The van der Waals surface area contributed by atoms with Gasteiger partial charge in [-0.1, -0.05) is 66.7 Å². The fraction of sp³-hybridized carbons (Fsp3) is 0.300. The highest BCUT2D eigenvalue weighted by atomic mass is 16.6. The van der Waals surface area contributed by atoms with E-state index in [2.05, 4.69) is 20.5 Å². The molecule has 14 heteroatoms. The molecule has 3 aliphatic heterocycles. The van der Waals surface area contributed by atoms with Crippen molar-refractivity contribution in [1.82, 2.24) is 20.5 Å². The average molecular weight is 869 g/mol. The second-order valence-electron chi connectivity index (χ2n) is 16.0. The van der Waals surface area contributed by atoms with Crippen molar-refractivity contribution in [1.29, 1.82) is 0 Å². The number of phenolic OH excluding ortho intramolecular Hbond substituents is 1. The number of pyridine rings is 1. The first-order chi connectivity index (χ1) is 31.2. The third kappa shape index (κ3) is 10.8. The number of carbonyl (C=O) groups excluding carboxylic acids is 2. The predicted molar refractivity (Wildman–Crippen MR) is 240 cm³/mol. The van der Waals surface area contributed by atoms with Crippen LogP contribution in [0.5, 0.6) is 23.0 Å². The van der Waals surface area contributed by atoms with E-state index in [9.17, 15) is 24.6 Å². The van der Waals surface area contributed by atoms with Crippen LogP contribution in [0.3, 0.4) is 0 Å². The van der Waals surface area contributed by atoms with E-state index in [0.717, 1.165) is 54.7 Å². The minimum absolute atomic E-state index is 0.0274. The van der Waals surface area contributed by atoms with Gasteiger partial charge in [-0.3, -0.25) is 9.69 Å². The van der Waals surface area contributed by atoms with Crippen molar-refractivity contribution < 1.29 is 43.5 Å². The number of hydrogen-bond acceptors (Lipinski definition) is 12. The lowest BCUT2D eigenvalue weighted by molar-refractivity contribution is -0.0336. The highest BCUT2D eigenvalue weighted by Crippen LogP contribution is 2.32. The van der Waals surface area contributed by atoms with Crippen LogP contribution in [-0.2, 0) is 22.6 Å². The zero-order valence-corrected chi connectivity index (χ0v) is 35.5. The van der Waals surface area contributed by atoms with Gasteiger partial charge in [-0.15, -0.1) is 0 Å². The van der Waals surface area contributed by atoms with Crippen molar-refractivity contribution in [2.75, 3.05) is 46.5 Å². The van der Waals surface area contributed by atoms with Crippen LogP contribution in [0.2, 0.25) is 0 Å². The Labute approximate surface area is 370 Å². The largest absolute Gasteiger partial charge is 0.506 e. The number of carbonyl (C=O) groups is 2. The molecular weight excluding hydrogens is 817 g/mol. The number of ether oxygens (including phenoxy) is 5. The van der Waals surface area contributed by atoms with Gasteiger partial charge in [0.25, 0.3) is 0 Å². The van der Waals surface area contributed by atoms with Gasteiger partial charge in [0.1, 0.15) is 48.9 Å². The Kier molecular flexibility index (Phi) is 14.0. The van der Waals surface area contributed by atoms with Gasteiger partial charge < -0.3 is 49.5 Å². The van der Waals surface area contributed by atoms with E-state index in [4.69, 9.17) is 23.7 Å². The molecule has 1 amide bonds. The van der Waals surface area contributed by atoms with Crippen molar-refractivity contribution in [2.24, 2.45) is 5.92 Å². The number of esters is 1. The summed E-state index contributed by atoms with van der Waals surface area (Å²) in [6.07, 6.45) is 0.684. The highest BCUT2D eigenvalue weighted by molar-refractivity contribution is 5.89. The molecular formula is C50H52N4O10. The van der Waals surface area contributed by atoms with Gasteiger partial charge >= 0.3 is 12.1 Å². The number of piperidine rings is 3. The lowest BCUT2D eigenvalue weighted by atomic mass is 9.86. The van der Waals surface area contributed by atoms with Crippen LogP contribution in [0, 0.1) is 5.92 Å². The van der Waals surface area contributed by atoms with Crippen LogP contribution in [0.25, 0.3) is 10.9 Å². The van der Waals surface area contributed by atoms with Gasteiger partial charge in [0.05, 0.1) is 30.3 Å². The number of rotatable bonds is 18. The summed E-state index contributed by atoms with van der Waals surface area (Å²) in [4.78, 5) is 42.8. The number of aromatic amines is 1. The fourth-order valence-electron chi connectivity index (χ4n) is 8.37. The van der Waals surface area contributed by atoms with Gasteiger partial charge in [-0.25, -0.2) is 9.59 Å². The highest BCUT2D eigenvalue weighted by Gasteiger charge is 2.37. The van der Waals surface area contributed by atoms with Crippen LogP contribution in [0.1, 0.15) is 63.2 Å². The number of aromatic nitrogens is 1. The molecule has 64 heavy (non-hydrogen) atoms. The van der Waals surface area contributed by atoms with Crippen molar-refractivity contribution >= 4 is 23.0 Å². The van der Waals surface area contributed by atoms with Gasteiger partial charge in [0.2, 0.25) is 5.56 Å². The number of alkyl carbamates (subject to hydrolysis) is 1. The summed E-state index contributed by atoms with van der Waals surface area (Å²) in [6.45, 7) is 3.93. The molecule has 0 saturated carbocycles. The summed E-state index contributed by atoms with van der Waals surface area (Å²) < 4.78 is 29.0. The standard InChI is InChI=1S/C50H52N4O10/c1-60-44-27-39(15-14-37(44)28-51-29-43(56)40-16-18-42(55)48-41(40)17-19-46(57)52-48)61-24-25-62-49(58)35-12-10-32(11-13-35)31-63-38-9-5-8-36(26-38)47(34-6-3-2-4-7-34)53-50(59)64-45-30-54-22-20-33(45)21-23-54/h2-19,26-27,33,43,45,47,51,55-56H,20-25,28-31H2,1H3,(H,52,57)(H,53,59)/t43-,45-,47-/m0/s1. The molecule has 0 unspecified atom stereocenters. The number of H-pyrrole nitrogens is 1. The van der Waals surface area contributed by atoms with Crippen molar-refractivity contribution in [3.63, 3.8) is 0 Å². The number of fused-ring (bicyclic) bond motifs is 4. The molecule has 2 bridgehead atoms. The topological polar surface area (TPSA) is 181 Å². The van der Waals surface area contributed by atoms with Gasteiger partial charge in [0, 0.05) is 42.7 Å². The monoisotopic (exact) mass is 868 g/mol. The summed E-state index contributed by atoms with van der Waals surface area (Å²) in [7, 11) is 1.55. The molecule has 3 aliphatic rings. The first-order valence-electron chi connectivity index (χ1n) is 21.5. The molecule has 3 saturated heterocycles. The normalized spacial score (nSPS) is 17.6. The number of methoxy groups -OCH3 is 1. The van der Waals surface area contributed by atoms with Crippen molar-refractivity contribution in [3.8, 4) is 23.0 Å². The Hall–Kier alpha value is -6.87. The Balaban J connectivity index is 0.782. The second-order valence-corrected chi connectivity index (χ2v) is 16.0. The summed E-state index contributed by atoms with van der Waals surface area (Å²) >= 11 is 0. The molecule has 5 aromatic carbocycles. The average Bonchev–Trinajstić information content (AvgIpc) is 3.32. The quantitative estimate of drug-likeness (QED) is 0.0452. The van der Waals surface area contributed by atoms with E-state index in [1.807, 2.05) is 72.8 Å². The van der Waals surface area contributed by atoms with E-state index in [1.54, 1.807) is 43.5 Å². The van der Waals surface area contributed by atoms with Crippen LogP contribution in [-0.4, -0.2) is 84.8 Å². The molecule has 1 aromatic heterocycles. The molecule has 4 heterocycles. The van der Waals surface area contributed by atoms with Crippen LogP contribution in [0.4, 0.5) is 4.79 Å². The van der Waals surface area contributed by atoms with Gasteiger partial charge in [-0.2, -0.15) is 0 Å². The van der Waals surface area contributed by atoms with Crippen LogP contribution >= 0.6 is 0 Å². The lowest BCUT2D eigenvalue weighted by Crippen LogP contribution is -2.52. The number of aliphatic hydroxyl groups excluding tert-OH is 1. The van der Waals surface area contributed by atoms with Crippen LogP contribution < -0.4 is 30.4 Å². The number of hydrogen-bond donors (Lipinski definition) is 5. The zero-order chi connectivity index (χ0) is 44.4. The number of aliphatic hydroxyl groups is 1. The maximum Gasteiger partial charge on any atom is 0.408 e. The molecule has 0 radical (unpaired) electrons. The molecule has 3 atom stereocenters. The minimum atomic E-state index is -0.908. The smallest absolute Gasteiger partial charge is 0.408 e. The Bertz CT molecular complexity index is 2590. The van der Waals surface area contributed by atoms with Gasteiger partial charge in [0.15, 0.2) is 0 Å². The number of amides is 1. The molecule has 3 fully saturated rings. The number of nitrogens with zero attached hydrogens (tertiary/aromatic N) is 1. The molecule has 14 nitrogen and oxygen atoms in total. The summed E-state index contributed by atoms with van der Waals surface area (Å²) in [5.41, 5.74) is 4.36. The van der Waals surface area contributed by atoms with E-state index in [0.29, 0.717) is 46.2 Å². The first kappa shape index (κ1) is 43.8. The Morgan fingerprint density at radius 1 is 0.844 bits per heavy atom. The predicted octanol–water partition coefficient (Wildman–Crippen LogP) is 6.79. The summed E-state index contributed by atoms with van der Waals surface area (Å²) in [5.74, 6) is 1.60. The fourth-order valence-corrected chi connectivity index (χ4v) is 8.37. The van der Waals surface area contributed by atoms with E-state index in [-0.39, 0.29) is 49.3 Å². The molecule has 9 rings (SSSR count). The SMILES string of the molecule is COc1cc(OCCOC(=O)c2ccc(COc3cccc([C@@H](NC(=O)O[C@H]4CN5CCC4CC5)c4ccccc4)c3)cc2)ccc1CNC[C@H](O)c1ccc(O)c2[nH]c(=O)ccc12. The summed E-state index contributed by atoms with van der Waals surface area (Å²) in [6, 6.07) is 35.4. The zero-order valence-electron chi connectivity index (χ0n) is 35.5. The van der Waals surface area contributed by atoms with E-state index in [1.165, 1.54) is 12.1 Å². The van der Waals surface area contributed by atoms with Crippen molar-refractivity contribution in [3.05, 3.63) is 165 Å². The second kappa shape index (κ2) is 20.5. The van der Waals surface area contributed by atoms with Gasteiger partial charge in [-0.05, 0) is 96.6 Å². The molecule has 0 aliphatic carbocycles. The van der Waals surface area contributed by atoms with E-state index >= 15 is 0 Å². The number of phenols is 1. The number of benzene rings is 5. The van der Waals surface area contributed by atoms with Crippen molar-refractivity contribution in [2.45, 2.75) is 44.2 Å². The molecule has 0 spiro atoms. The third-order valence-corrected chi connectivity index (χ3v) is 11.8. The Morgan fingerprint density at radius 3 is 2.39 bits per heavy atom. The lowest BCUT2D eigenvalue weighted by Gasteiger charge is -2.43. The Morgan fingerprint density at radius 2 is 1.62 bits per heavy atom. The molecule has 6 aromatic rings. The number of aromatic hydroxyl groups is 1. The van der Waals surface area contributed by atoms with Crippen LogP contribution in [0.15, 0.2) is 126 Å². The number of nitrogens with one attached hydrogen (secondary N) is 3. The minimum Gasteiger partial charge on any atom is -0.506 e. The maximum atomic E-state index is 13.2. The molecule has 332 valence electrons. The third-order valence-electron chi connectivity index (χ3n) is 11.8. The van der Waals surface area contributed by atoms with E-state index < -0.39 is 24.2 Å². The first-order valence-corrected chi connectivity index (χ1v) is 21.5. The maximum absolute atomic E-state index is 13.2. The summed E-state index contributed by atoms with van der Waals surface area (Å²) in [5, 5.41) is 28.0. The molecule has 5 N–H and O–H groups in total.